The number of sulfonamides is 1. The Morgan fingerprint density at radius 3 is 2.40 bits per heavy atom. The fourth-order valence-electron chi connectivity index (χ4n) is 2.49. The van der Waals surface area contributed by atoms with Crippen molar-refractivity contribution in [3.63, 3.8) is 0 Å². The Bertz CT molecular complexity index is 963. The number of hydrogen-bond donors (Lipinski definition) is 2. The number of nitrogens with one attached hydrogen (secondary N) is 2. The van der Waals surface area contributed by atoms with E-state index in [2.05, 4.69) is 14.8 Å². The van der Waals surface area contributed by atoms with Gasteiger partial charge in [-0.15, -0.1) is 13.2 Å². The van der Waals surface area contributed by atoms with Gasteiger partial charge in [0.15, 0.2) is 0 Å². The lowest BCUT2D eigenvalue weighted by atomic mass is 10.1. The Kier molecular flexibility index (Phi) is 7.82. The maximum absolute atomic E-state index is 12.5. The van der Waals surface area contributed by atoms with Crippen LogP contribution < -0.4 is 14.8 Å². The minimum absolute atomic E-state index is 0.0763. The molecule has 30 heavy (non-hydrogen) atoms. The van der Waals surface area contributed by atoms with Crippen LogP contribution in [-0.2, 0) is 14.8 Å². The molecule has 0 fully saturated rings. The van der Waals surface area contributed by atoms with E-state index in [0.29, 0.717) is 5.56 Å². The van der Waals surface area contributed by atoms with Crippen LogP contribution in [0.3, 0.4) is 0 Å². The monoisotopic (exact) mass is 446 g/mol. The first-order valence-electron chi connectivity index (χ1n) is 8.77. The van der Waals surface area contributed by atoms with E-state index in [1.807, 2.05) is 0 Å². The first-order valence-corrected chi connectivity index (χ1v) is 10.3. The molecule has 2 aromatic carbocycles. The molecular formula is C19H21F3N2O5S. The molecule has 0 heterocycles. The number of benzene rings is 2. The molecule has 0 aromatic heterocycles. The van der Waals surface area contributed by atoms with Crippen LogP contribution >= 0.6 is 0 Å². The summed E-state index contributed by atoms with van der Waals surface area (Å²) in [6, 6.07) is 10.0. The highest BCUT2D eigenvalue weighted by Crippen LogP contribution is 2.24. The zero-order valence-electron chi connectivity index (χ0n) is 16.2. The van der Waals surface area contributed by atoms with Gasteiger partial charge in [0.2, 0.25) is 10.0 Å². The number of carbonyl (C=O) groups excluding carboxylic acids is 1. The summed E-state index contributed by atoms with van der Waals surface area (Å²) in [5.74, 6) is -0.907. The van der Waals surface area contributed by atoms with Gasteiger partial charge in [0, 0.05) is 19.2 Å². The number of amides is 1. The summed E-state index contributed by atoms with van der Waals surface area (Å²) in [7, 11) is -2.36. The smallest absolute Gasteiger partial charge is 0.406 e. The van der Waals surface area contributed by atoms with E-state index in [9.17, 15) is 26.4 Å². The zero-order chi connectivity index (χ0) is 22.4. The third-order valence-electron chi connectivity index (χ3n) is 3.97. The SMILES string of the molecule is COCCNS(=O)(=O)c1cccc(C(=O)NC(C)c2ccc(OC(F)(F)F)cc2)c1. The van der Waals surface area contributed by atoms with Crippen molar-refractivity contribution in [1.29, 1.82) is 0 Å². The van der Waals surface area contributed by atoms with E-state index in [0.717, 1.165) is 12.1 Å². The van der Waals surface area contributed by atoms with Crippen LogP contribution in [-0.4, -0.2) is 40.9 Å². The lowest BCUT2D eigenvalue weighted by molar-refractivity contribution is -0.274. The molecule has 0 spiro atoms. The summed E-state index contributed by atoms with van der Waals surface area (Å²) >= 11 is 0. The Morgan fingerprint density at radius 2 is 1.80 bits per heavy atom. The Balaban J connectivity index is 2.07. The molecule has 1 atom stereocenters. The molecule has 0 radical (unpaired) electrons. The van der Waals surface area contributed by atoms with Gasteiger partial charge in [-0.2, -0.15) is 0 Å². The van der Waals surface area contributed by atoms with Crippen LogP contribution in [0.25, 0.3) is 0 Å². The average molecular weight is 446 g/mol. The van der Waals surface area contributed by atoms with Crippen LogP contribution in [0.5, 0.6) is 5.75 Å². The molecule has 0 aliphatic heterocycles. The predicted octanol–water partition coefficient (Wildman–Crippen LogP) is 3.00. The van der Waals surface area contributed by atoms with E-state index < -0.39 is 28.3 Å². The fraction of sp³-hybridized carbons (Fsp3) is 0.316. The fourth-order valence-corrected chi connectivity index (χ4v) is 3.55. The van der Waals surface area contributed by atoms with E-state index in [1.54, 1.807) is 6.92 Å². The summed E-state index contributed by atoms with van der Waals surface area (Å²) in [6.45, 7) is 1.93. The molecular weight excluding hydrogens is 425 g/mol. The van der Waals surface area contributed by atoms with E-state index >= 15 is 0 Å². The molecule has 164 valence electrons. The predicted molar refractivity (Wildman–Crippen MR) is 103 cm³/mol. The maximum atomic E-state index is 12.5. The normalized spacial score (nSPS) is 13.0. The van der Waals surface area contributed by atoms with E-state index in [1.165, 1.54) is 43.5 Å². The van der Waals surface area contributed by atoms with Crippen molar-refractivity contribution in [3.8, 4) is 5.75 Å². The lowest BCUT2D eigenvalue weighted by Crippen LogP contribution is -2.29. The third-order valence-corrected chi connectivity index (χ3v) is 5.42. The molecule has 0 saturated carbocycles. The van der Waals surface area contributed by atoms with Crippen LogP contribution in [0.4, 0.5) is 13.2 Å². The van der Waals surface area contributed by atoms with Crippen molar-refractivity contribution < 1.29 is 35.9 Å². The number of alkyl halides is 3. The summed E-state index contributed by atoms with van der Waals surface area (Å²) in [5.41, 5.74) is 0.663. The molecule has 11 heteroatoms. The first kappa shape index (κ1) is 23.6. The number of methoxy groups -OCH3 is 1. The van der Waals surface area contributed by atoms with Crippen LogP contribution in [0.1, 0.15) is 28.9 Å². The highest BCUT2D eigenvalue weighted by molar-refractivity contribution is 7.89. The quantitative estimate of drug-likeness (QED) is 0.578. The summed E-state index contributed by atoms with van der Waals surface area (Å²) in [5, 5.41) is 2.67. The summed E-state index contributed by atoms with van der Waals surface area (Å²) < 4.78 is 72.2. The van der Waals surface area contributed by atoms with E-state index in [4.69, 9.17) is 4.74 Å². The second kappa shape index (κ2) is 9.92. The molecule has 2 aromatic rings. The summed E-state index contributed by atoms with van der Waals surface area (Å²) in [6.07, 6.45) is -4.79. The highest BCUT2D eigenvalue weighted by atomic mass is 32.2. The molecule has 2 N–H and O–H groups in total. The van der Waals surface area contributed by atoms with Crippen LogP contribution in [0.2, 0.25) is 0 Å². The molecule has 1 unspecified atom stereocenters. The molecule has 2 rings (SSSR count). The van der Waals surface area contributed by atoms with Crippen molar-refractivity contribution in [1.82, 2.24) is 10.0 Å². The molecule has 0 aliphatic rings. The average Bonchev–Trinajstić information content (AvgIpc) is 2.67. The number of rotatable bonds is 9. The van der Waals surface area contributed by atoms with Crippen LogP contribution in [0.15, 0.2) is 53.4 Å². The Morgan fingerprint density at radius 1 is 1.13 bits per heavy atom. The standard InChI is InChI=1S/C19H21F3N2O5S/c1-13(14-6-8-16(9-7-14)29-19(20,21)22)24-18(25)15-4-3-5-17(12-15)30(26,27)23-10-11-28-2/h3-9,12-13,23H,10-11H2,1-2H3,(H,24,25). The van der Waals surface area contributed by atoms with Crippen molar-refractivity contribution in [2.45, 2.75) is 24.2 Å². The van der Waals surface area contributed by atoms with Gasteiger partial charge < -0.3 is 14.8 Å². The van der Waals surface area contributed by atoms with Gasteiger partial charge in [-0.3, -0.25) is 4.79 Å². The molecule has 0 saturated heterocycles. The third kappa shape index (κ3) is 7.01. The largest absolute Gasteiger partial charge is 0.573 e. The van der Waals surface area contributed by atoms with Gasteiger partial charge in [0.25, 0.3) is 5.91 Å². The van der Waals surface area contributed by atoms with Crippen molar-refractivity contribution in [2.75, 3.05) is 20.3 Å². The first-order chi connectivity index (χ1) is 14.0. The van der Waals surface area contributed by atoms with Gasteiger partial charge in [-0.25, -0.2) is 13.1 Å². The topological polar surface area (TPSA) is 93.7 Å². The minimum Gasteiger partial charge on any atom is -0.406 e. The maximum Gasteiger partial charge on any atom is 0.573 e. The zero-order valence-corrected chi connectivity index (χ0v) is 17.0. The van der Waals surface area contributed by atoms with Crippen molar-refractivity contribution in [3.05, 3.63) is 59.7 Å². The van der Waals surface area contributed by atoms with Gasteiger partial charge in [-0.05, 0) is 42.8 Å². The van der Waals surface area contributed by atoms with Gasteiger partial charge in [0.05, 0.1) is 17.5 Å². The van der Waals surface area contributed by atoms with Crippen LogP contribution in [0, 0.1) is 0 Å². The minimum atomic E-state index is -4.79. The van der Waals surface area contributed by atoms with Crippen molar-refractivity contribution >= 4 is 15.9 Å². The van der Waals surface area contributed by atoms with Gasteiger partial charge in [0.1, 0.15) is 5.75 Å². The lowest BCUT2D eigenvalue weighted by Gasteiger charge is -2.16. The second-order valence-corrected chi connectivity index (χ2v) is 8.00. The molecule has 7 nitrogen and oxygen atoms in total. The van der Waals surface area contributed by atoms with E-state index in [-0.39, 0.29) is 29.4 Å². The van der Waals surface area contributed by atoms with Gasteiger partial charge >= 0.3 is 6.36 Å². The summed E-state index contributed by atoms with van der Waals surface area (Å²) in [4.78, 5) is 12.4. The number of carbonyl (C=O) groups is 1. The molecule has 0 aliphatic carbocycles. The second-order valence-electron chi connectivity index (χ2n) is 6.23. The Labute approximate surface area is 172 Å². The number of halogens is 3. The van der Waals surface area contributed by atoms with Gasteiger partial charge in [-0.1, -0.05) is 18.2 Å². The number of hydrogen-bond acceptors (Lipinski definition) is 5. The van der Waals surface area contributed by atoms with Crippen molar-refractivity contribution in [2.24, 2.45) is 0 Å². The molecule has 0 bridgehead atoms. The Hall–Kier alpha value is -2.63. The highest BCUT2D eigenvalue weighted by Gasteiger charge is 2.31. The molecule has 1 amide bonds. The number of ether oxygens (including phenoxy) is 2.